The number of hydrogen-bond donors (Lipinski definition) is 0. The van der Waals surface area contributed by atoms with E-state index in [2.05, 4.69) is 276 Å². The molecule has 3 heterocycles. The van der Waals surface area contributed by atoms with E-state index in [9.17, 15) is 0 Å². The fraction of sp³-hybridized carbons (Fsp3) is 0. The van der Waals surface area contributed by atoms with E-state index in [-0.39, 0.29) is 0 Å². The highest BCUT2D eigenvalue weighted by molar-refractivity contribution is 7.31. The zero-order chi connectivity index (χ0) is 46.2. The summed E-state index contributed by atoms with van der Waals surface area (Å²) < 4.78 is 7.58. The summed E-state index contributed by atoms with van der Waals surface area (Å²) in [5.41, 5.74) is 11.8. The fourth-order valence-electron chi connectivity index (χ4n) is 11.7. The van der Waals surface area contributed by atoms with E-state index in [1.165, 1.54) is 101 Å². The molecule has 0 amide bonds. The lowest BCUT2D eigenvalue weighted by molar-refractivity contribution is 1.13. The monoisotopic (exact) mass is 924 g/mol. The van der Waals surface area contributed by atoms with Crippen LogP contribution in [-0.2, 0) is 0 Å². The SMILES string of the molecule is c1ccc([Si](c2ccccc2)(c2ccccc2)c2cccc3c2sc2c(-c4ccccc4-c4cc(-n5c6ccccc6c6ccccc65)cc(-n5c6ccccc6c6ccccc65)c4)cccc23)cc1. The molecule has 0 aliphatic heterocycles. The zero-order valence-electron chi connectivity index (χ0n) is 38.2. The average Bonchev–Trinajstić information content (AvgIpc) is 4.11. The average molecular weight is 925 g/mol. The van der Waals surface area contributed by atoms with Gasteiger partial charge in [0.05, 0.1) is 22.1 Å². The van der Waals surface area contributed by atoms with Gasteiger partial charge >= 0.3 is 0 Å². The zero-order valence-corrected chi connectivity index (χ0v) is 40.0. The van der Waals surface area contributed by atoms with Crippen molar-refractivity contribution in [3.63, 3.8) is 0 Å². The number of fused-ring (bicyclic) bond motifs is 9. The Kier molecular flexibility index (Phi) is 9.44. The van der Waals surface area contributed by atoms with Crippen LogP contribution in [0.1, 0.15) is 0 Å². The van der Waals surface area contributed by atoms with Gasteiger partial charge in [-0.05, 0) is 79.9 Å². The molecule has 0 spiro atoms. The third-order valence-electron chi connectivity index (χ3n) is 14.7. The van der Waals surface area contributed by atoms with Crippen LogP contribution >= 0.6 is 11.3 Å². The first-order valence-corrected chi connectivity index (χ1v) is 26.9. The Labute approximate surface area is 411 Å². The maximum atomic E-state index is 2.46. The number of rotatable bonds is 8. The topological polar surface area (TPSA) is 9.86 Å². The summed E-state index contributed by atoms with van der Waals surface area (Å²) in [7, 11) is -2.83. The van der Waals surface area contributed by atoms with Gasteiger partial charge in [0, 0.05) is 58.7 Å². The minimum absolute atomic E-state index is 1.12. The van der Waals surface area contributed by atoms with Gasteiger partial charge in [-0.1, -0.05) is 224 Å². The van der Waals surface area contributed by atoms with Crippen LogP contribution in [0.3, 0.4) is 0 Å². The molecule has 0 saturated heterocycles. The molecule has 0 bridgehead atoms. The maximum absolute atomic E-state index is 2.83. The fourth-order valence-corrected chi connectivity index (χ4v) is 18.4. The molecule has 0 N–H and O–H groups in total. The Balaban J connectivity index is 1.04. The standard InChI is InChI=1S/C66H44N2SSi/c1-4-22-48(23-5-1)70(49-24-6-2-7-25-49,50-26-8-3-9-27-50)64-41-21-36-59-58-35-20-34-57(65(58)69-66(59)64)52-29-11-10-28-51(52)45-42-46(67-60-37-16-12-30-53(60)54-31-13-17-38-61(54)67)44-47(43-45)68-62-39-18-14-32-55(62)56-33-15-19-40-63(56)68/h1-44H. The summed E-state index contributed by atoms with van der Waals surface area (Å²) in [4.78, 5) is 0. The molecule has 0 aliphatic carbocycles. The van der Waals surface area contributed by atoms with Crippen LogP contribution in [0.4, 0.5) is 0 Å². The summed E-state index contributed by atoms with van der Waals surface area (Å²) in [6.45, 7) is 0. The molecule has 0 saturated carbocycles. The lowest BCUT2D eigenvalue weighted by Crippen LogP contribution is -2.74. The quantitative estimate of drug-likeness (QED) is 0.106. The summed E-state index contributed by atoms with van der Waals surface area (Å²) in [5.74, 6) is 0. The number of benzene rings is 11. The molecule has 2 nitrogen and oxygen atoms in total. The highest BCUT2D eigenvalue weighted by Gasteiger charge is 2.43. The van der Waals surface area contributed by atoms with Gasteiger partial charge in [0.1, 0.15) is 0 Å². The van der Waals surface area contributed by atoms with Crippen LogP contribution in [0.2, 0.25) is 0 Å². The molecule has 14 rings (SSSR count). The van der Waals surface area contributed by atoms with Crippen molar-refractivity contribution in [1.29, 1.82) is 0 Å². The van der Waals surface area contributed by atoms with E-state index in [4.69, 9.17) is 0 Å². The lowest BCUT2D eigenvalue weighted by Gasteiger charge is -2.34. The molecule has 14 aromatic rings. The molecule has 328 valence electrons. The van der Waals surface area contributed by atoms with E-state index in [1.807, 2.05) is 11.3 Å². The van der Waals surface area contributed by atoms with Gasteiger partial charge in [-0.2, -0.15) is 0 Å². The Morgan fingerprint density at radius 3 is 1.10 bits per heavy atom. The second kappa shape index (κ2) is 16.3. The summed E-state index contributed by atoms with van der Waals surface area (Å²) >= 11 is 1.96. The third kappa shape index (κ3) is 6.10. The summed E-state index contributed by atoms with van der Waals surface area (Å²) in [6.07, 6.45) is 0. The molecule has 70 heavy (non-hydrogen) atoms. The summed E-state index contributed by atoms with van der Waals surface area (Å²) in [6, 6.07) is 99.5. The molecule has 0 aliphatic rings. The van der Waals surface area contributed by atoms with Crippen molar-refractivity contribution in [3.8, 4) is 33.6 Å². The number of hydrogen-bond acceptors (Lipinski definition) is 1. The predicted octanol–water partition coefficient (Wildman–Crippen LogP) is 15.0. The van der Waals surface area contributed by atoms with Gasteiger partial charge in [-0.25, -0.2) is 0 Å². The maximum Gasteiger partial charge on any atom is 0.181 e. The van der Waals surface area contributed by atoms with Crippen molar-refractivity contribution < 1.29 is 0 Å². The van der Waals surface area contributed by atoms with E-state index >= 15 is 0 Å². The Morgan fingerprint density at radius 1 is 0.271 bits per heavy atom. The van der Waals surface area contributed by atoms with Crippen molar-refractivity contribution in [1.82, 2.24) is 9.13 Å². The van der Waals surface area contributed by atoms with Gasteiger partial charge in [0.2, 0.25) is 0 Å². The summed E-state index contributed by atoms with van der Waals surface area (Å²) in [5, 5.41) is 13.1. The lowest BCUT2D eigenvalue weighted by atomic mass is 9.93. The van der Waals surface area contributed by atoms with Crippen LogP contribution in [0.25, 0.3) is 97.4 Å². The van der Waals surface area contributed by atoms with E-state index < -0.39 is 8.07 Å². The molecule has 3 aromatic heterocycles. The molecule has 0 radical (unpaired) electrons. The van der Waals surface area contributed by atoms with Gasteiger partial charge in [0.15, 0.2) is 8.07 Å². The first-order chi connectivity index (χ1) is 34.8. The van der Waals surface area contributed by atoms with Crippen molar-refractivity contribution in [2.24, 2.45) is 0 Å². The first kappa shape index (κ1) is 40.5. The number of nitrogens with zero attached hydrogens (tertiary/aromatic N) is 2. The largest absolute Gasteiger partial charge is 0.309 e. The molecule has 0 unspecified atom stereocenters. The van der Waals surface area contributed by atoms with E-state index in [0.29, 0.717) is 0 Å². The normalized spacial score (nSPS) is 12.0. The van der Waals surface area contributed by atoms with Crippen molar-refractivity contribution >= 4 is 104 Å². The second-order valence-corrected chi connectivity index (χ2v) is 23.1. The van der Waals surface area contributed by atoms with Crippen molar-refractivity contribution in [2.75, 3.05) is 0 Å². The van der Waals surface area contributed by atoms with Crippen LogP contribution < -0.4 is 20.7 Å². The molecule has 11 aromatic carbocycles. The van der Waals surface area contributed by atoms with Gasteiger partial charge in [-0.3, -0.25) is 0 Å². The van der Waals surface area contributed by atoms with E-state index in [0.717, 1.165) is 16.9 Å². The van der Waals surface area contributed by atoms with Crippen LogP contribution in [0.5, 0.6) is 0 Å². The van der Waals surface area contributed by atoms with Crippen LogP contribution in [-0.4, -0.2) is 17.2 Å². The highest BCUT2D eigenvalue weighted by atomic mass is 32.1. The Morgan fingerprint density at radius 2 is 0.629 bits per heavy atom. The molecule has 0 fully saturated rings. The molecule has 0 atom stereocenters. The Bertz CT molecular complexity index is 3960. The minimum Gasteiger partial charge on any atom is -0.309 e. The van der Waals surface area contributed by atoms with Crippen LogP contribution in [0, 0.1) is 0 Å². The van der Waals surface area contributed by atoms with Crippen LogP contribution in [0.15, 0.2) is 267 Å². The smallest absolute Gasteiger partial charge is 0.181 e. The number of aromatic nitrogens is 2. The highest BCUT2D eigenvalue weighted by Crippen LogP contribution is 2.44. The van der Waals surface area contributed by atoms with E-state index in [1.54, 1.807) is 0 Å². The number of para-hydroxylation sites is 4. The predicted molar refractivity (Wildman–Crippen MR) is 302 cm³/mol. The van der Waals surface area contributed by atoms with Crippen molar-refractivity contribution in [2.45, 2.75) is 0 Å². The number of thiophene rings is 1. The molecular weight excluding hydrogens is 881 g/mol. The Hall–Kier alpha value is -8.54. The third-order valence-corrected chi connectivity index (χ3v) is 20.9. The minimum atomic E-state index is -2.83. The second-order valence-electron chi connectivity index (χ2n) is 18.3. The van der Waals surface area contributed by atoms with Gasteiger partial charge in [0.25, 0.3) is 0 Å². The van der Waals surface area contributed by atoms with Gasteiger partial charge < -0.3 is 9.13 Å². The van der Waals surface area contributed by atoms with Gasteiger partial charge in [-0.15, -0.1) is 11.3 Å². The van der Waals surface area contributed by atoms with Crippen molar-refractivity contribution in [3.05, 3.63) is 267 Å². The first-order valence-electron chi connectivity index (χ1n) is 24.1. The molecular formula is C66H44N2SSi. The molecule has 4 heteroatoms.